The van der Waals surface area contributed by atoms with Crippen LogP contribution in [0.2, 0.25) is 0 Å². The summed E-state index contributed by atoms with van der Waals surface area (Å²) in [4.78, 5) is 0. The molecule has 1 aromatic carbocycles. The van der Waals surface area contributed by atoms with Crippen LogP contribution >= 0.6 is 31.9 Å². The molecule has 1 saturated carbocycles. The van der Waals surface area contributed by atoms with Crippen molar-refractivity contribution in [2.75, 3.05) is 0 Å². The molecule has 0 radical (unpaired) electrons. The van der Waals surface area contributed by atoms with Gasteiger partial charge in [0.25, 0.3) is 0 Å². The Morgan fingerprint density at radius 2 is 2.06 bits per heavy atom. The predicted molar refractivity (Wildman–Crippen MR) is 71.5 cm³/mol. The van der Waals surface area contributed by atoms with Crippen molar-refractivity contribution < 1.29 is 4.42 Å². The third kappa shape index (κ3) is 1.63. The minimum absolute atomic E-state index is 0.477. The van der Waals surface area contributed by atoms with Crippen molar-refractivity contribution in [3.05, 3.63) is 32.4 Å². The normalized spacial score (nSPS) is 15.9. The third-order valence-electron chi connectivity index (χ3n) is 3.00. The van der Waals surface area contributed by atoms with E-state index < -0.39 is 0 Å². The fraction of sp³-hybridized carbons (Fsp3) is 0.333. The number of halogens is 2. The molecule has 3 rings (SSSR count). The summed E-state index contributed by atoms with van der Waals surface area (Å²) >= 11 is 7.04. The third-order valence-corrected chi connectivity index (χ3v) is 4.04. The Labute approximate surface area is 110 Å². The van der Waals surface area contributed by atoms with Gasteiger partial charge in [-0.05, 0) is 46.8 Å². The number of hydrogen-bond acceptors (Lipinski definition) is 2. The molecule has 0 amide bonds. The monoisotopic (exact) mass is 343 g/mol. The lowest BCUT2D eigenvalue weighted by atomic mass is 10.1. The molecule has 0 unspecified atom stereocenters. The van der Waals surface area contributed by atoms with E-state index in [1.54, 1.807) is 0 Å². The minimum Gasteiger partial charge on any atom is -0.458 e. The summed E-state index contributed by atoms with van der Waals surface area (Å²) in [6.45, 7) is 0.477. The second kappa shape index (κ2) is 3.86. The fourth-order valence-corrected chi connectivity index (χ4v) is 3.47. The summed E-state index contributed by atoms with van der Waals surface area (Å²) in [7, 11) is 0. The van der Waals surface area contributed by atoms with Gasteiger partial charge in [-0.2, -0.15) is 0 Å². The molecule has 0 atom stereocenters. The van der Waals surface area contributed by atoms with Crippen molar-refractivity contribution in [1.29, 1.82) is 0 Å². The molecule has 1 aliphatic rings. The predicted octanol–water partition coefficient (Wildman–Crippen LogP) is 4.29. The second-order valence-corrected chi connectivity index (χ2v) is 5.95. The van der Waals surface area contributed by atoms with Crippen molar-refractivity contribution >= 4 is 42.8 Å². The standard InChI is InChI=1S/C12H11Br2NO/c13-7-3-8-11(6-1-2-6)10(5-15)16-12(8)9(14)4-7/h3-4,6H,1-2,5,15H2. The van der Waals surface area contributed by atoms with E-state index in [1.807, 2.05) is 6.07 Å². The summed E-state index contributed by atoms with van der Waals surface area (Å²) in [6.07, 6.45) is 2.51. The first kappa shape index (κ1) is 10.8. The van der Waals surface area contributed by atoms with Gasteiger partial charge in [-0.25, -0.2) is 0 Å². The Hall–Kier alpha value is -0.320. The number of nitrogens with two attached hydrogens (primary N) is 1. The van der Waals surface area contributed by atoms with Crippen molar-refractivity contribution in [3.63, 3.8) is 0 Å². The number of rotatable bonds is 2. The van der Waals surface area contributed by atoms with Crippen LogP contribution in [0.5, 0.6) is 0 Å². The van der Waals surface area contributed by atoms with Gasteiger partial charge in [0.05, 0.1) is 11.0 Å². The molecule has 2 nitrogen and oxygen atoms in total. The molecule has 0 spiro atoms. The van der Waals surface area contributed by atoms with Crippen LogP contribution in [-0.4, -0.2) is 0 Å². The Morgan fingerprint density at radius 3 is 2.69 bits per heavy atom. The number of benzene rings is 1. The average Bonchev–Trinajstić information content (AvgIpc) is 3.00. The van der Waals surface area contributed by atoms with E-state index in [-0.39, 0.29) is 0 Å². The smallest absolute Gasteiger partial charge is 0.148 e. The molecular weight excluding hydrogens is 334 g/mol. The van der Waals surface area contributed by atoms with Gasteiger partial charge in [0, 0.05) is 15.4 Å². The van der Waals surface area contributed by atoms with Gasteiger partial charge in [0.15, 0.2) is 0 Å². The molecule has 1 fully saturated rings. The Bertz CT molecular complexity index is 558. The molecule has 84 valence electrons. The van der Waals surface area contributed by atoms with Gasteiger partial charge < -0.3 is 10.2 Å². The zero-order chi connectivity index (χ0) is 11.3. The number of hydrogen-bond donors (Lipinski definition) is 1. The van der Waals surface area contributed by atoms with E-state index in [4.69, 9.17) is 10.2 Å². The van der Waals surface area contributed by atoms with Crippen LogP contribution in [-0.2, 0) is 6.54 Å². The molecule has 0 aliphatic heterocycles. The summed E-state index contributed by atoms with van der Waals surface area (Å²) in [5.74, 6) is 1.59. The highest BCUT2D eigenvalue weighted by atomic mass is 79.9. The van der Waals surface area contributed by atoms with Crippen molar-refractivity contribution in [3.8, 4) is 0 Å². The number of furan rings is 1. The molecule has 4 heteroatoms. The molecule has 1 aromatic heterocycles. The van der Waals surface area contributed by atoms with Crippen molar-refractivity contribution in [2.45, 2.75) is 25.3 Å². The Morgan fingerprint density at radius 1 is 1.31 bits per heavy atom. The van der Waals surface area contributed by atoms with Gasteiger partial charge in [-0.1, -0.05) is 15.9 Å². The lowest BCUT2D eigenvalue weighted by Crippen LogP contribution is -1.97. The summed E-state index contributed by atoms with van der Waals surface area (Å²) < 4.78 is 7.90. The van der Waals surface area contributed by atoms with Gasteiger partial charge in [0.1, 0.15) is 11.3 Å². The lowest BCUT2D eigenvalue weighted by Gasteiger charge is -1.98. The van der Waals surface area contributed by atoms with E-state index >= 15 is 0 Å². The largest absolute Gasteiger partial charge is 0.458 e. The minimum atomic E-state index is 0.477. The molecule has 2 N–H and O–H groups in total. The van der Waals surface area contributed by atoms with Crippen molar-refractivity contribution in [2.24, 2.45) is 5.73 Å². The molecule has 16 heavy (non-hydrogen) atoms. The molecular formula is C12H11Br2NO. The SMILES string of the molecule is NCc1oc2c(Br)cc(Br)cc2c1C1CC1. The number of fused-ring (bicyclic) bond motifs is 1. The highest BCUT2D eigenvalue weighted by Crippen LogP contribution is 2.47. The van der Waals surface area contributed by atoms with Gasteiger partial charge in [-0.15, -0.1) is 0 Å². The molecule has 0 saturated heterocycles. The van der Waals surface area contributed by atoms with Crippen LogP contribution in [0.15, 0.2) is 25.5 Å². The van der Waals surface area contributed by atoms with Crippen LogP contribution < -0.4 is 5.73 Å². The van der Waals surface area contributed by atoms with Crippen LogP contribution in [0.4, 0.5) is 0 Å². The van der Waals surface area contributed by atoms with E-state index in [2.05, 4.69) is 37.9 Å². The van der Waals surface area contributed by atoms with Gasteiger partial charge in [0.2, 0.25) is 0 Å². The average molecular weight is 345 g/mol. The molecule has 0 bridgehead atoms. The maximum absolute atomic E-state index is 5.84. The summed E-state index contributed by atoms with van der Waals surface area (Å²) in [5.41, 5.74) is 7.99. The maximum atomic E-state index is 5.84. The second-order valence-electron chi connectivity index (χ2n) is 4.18. The molecule has 2 aromatic rings. The zero-order valence-corrected chi connectivity index (χ0v) is 11.8. The van der Waals surface area contributed by atoms with Gasteiger partial charge >= 0.3 is 0 Å². The Kier molecular flexibility index (Phi) is 2.61. The van der Waals surface area contributed by atoms with Crippen LogP contribution in [0.25, 0.3) is 11.0 Å². The van der Waals surface area contributed by atoms with Crippen LogP contribution in [0, 0.1) is 0 Å². The van der Waals surface area contributed by atoms with Crippen LogP contribution in [0.3, 0.4) is 0 Å². The first-order chi connectivity index (χ1) is 7.70. The Balaban J connectivity index is 2.35. The highest BCUT2D eigenvalue weighted by molar-refractivity contribution is 9.11. The van der Waals surface area contributed by atoms with Gasteiger partial charge in [-0.3, -0.25) is 0 Å². The maximum Gasteiger partial charge on any atom is 0.148 e. The molecule has 1 heterocycles. The molecule has 1 aliphatic carbocycles. The van der Waals surface area contributed by atoms with E-state index in [0.717, 1.165) is 20.3 Å². The highest BCUT2D eigenvalue weighted by Gasteiger charge is 2.30. The van der Waals surface area contributed by atoms with E-state index in [9.17, 15) is 0 Å². The fourth-order valence-electron chi connectivity index (χ4n) is 2.16. The first-order valence-electron chi connectivity index (χ1n) is 5.31. The zero-order valence-electron chi connectivity index (χ0n) is 8.59. The van der Waals surface area contributed by atoms with Crippen LogP contribution in [0.1, 0.15) is 30.1 Å². The van der Waals surface area contributed by atoms with Crippen molar-refractivity contribution in [1.82, 2.24) is 0 Å². The quantitative estimate of drug-likeness (QED) is 0.882. The summed E-state index contributed by atoms with van der Waals surface area (Å²) in [6, 6.07) is 4.12. The van der Waals surface area contributed by atoms with E-state index in [1.165, 1.54) is 23.8 Å². The first-order valence-corrected chi connectivity index (χ1v) is 6.89. The topological polar surface area (TPSA) is 39.2 Å². The van der Waals surface area contributed by atoms with E-state index in [0.29, 0.717) is 12.5 Å². The summed E-state index contributed by atoms with van der Waals surface area (Å²) in [5, 5.41) is 1.20. The lowest BCUT2D eigenvalue weighted by molar-refractivity contribution is 0.544.